The molecule has 2 heterocycles. The Morgan fingerprint density at radius 1 is 1.00 bits per heavy atom. The third-order valence-corrected chi connectivity index (χ3v) is 8.82. The Labute approximate surface area is 246 Å². The van der Waals surface area contributed by atoms with Crippen LogP contribution in [0.4, 0.5) is 5.69 Å². The van der Waals surface area contributed by atoms with Crippen molar-refractivity contribution in [1.82, 2.24) is 14.8 Å². The molecule has 8 heteroatoms. The number of halogens is 2. The highest BCUT2D eigenvalue weighted by atomic mass is 35.5. The summed E-state index contributed by atoms with van der Waals surface area (Å²) in [4.78, 5) is 34.6. The number of benzene rings is 2. The molecule has 2 aliphatic rings. The lowest BCUT2D eigenvalue weighted by atomic mass is 9.89. The number of rotatable bonds is 8. The first kappa shape index (κ1) is 28.6. The SMILES string of the molecule is CC(=O)Nc1c2c(nc3c1CN(CCC(CN(C)C(=O)c1ccccc1)c1ccc(Cl)c(Cl)c1)CC3)CCCC2. The molecule has 0 radical (unpaired) electrons. The molecule has 3 aromatic rings. The average Bonchev–Trinajstić information content (AvgIpc) is 2.96. The fourth-order valence-corrected chi connectivity index (χ4v) is 6.29. The number of carbonyl (C=O) groups is 2. The Balaban J connectivity index is 1.35. The molecular weight excluding hydrogens is 543 g/mol. The molecule has 210 valence electrons. The number of pyridine rings is 1. The second kappa shape index (κ2) is 12.7. The van der Waals surface area contributed by atoms with Crippen molar-refractivity contribution in [2.75, 3.05) is 32.0 Å². The summed E-state index contributed by atoms with van der Waals surface area (Å²) in [6.45, 7) is 4.64. The Kier molecular flexibility index (Phi) is 9.09. The number of aryl methyl sites for hydroxylation is 1. The van der Waals surface area contributed by atoms with Gasteiger partial charge in [0.05, 0.1) is 15.7 Å². The zero-order valence-corrected chi connectivity index (χ0v) is 24.7. The number of likely N-dealkylation sites (N-methyl/N-ethyl adjacent to an activating group) is 1. The molecule has 1 N–H and O–H groups in total. The van der Waals surface area contributed by atoms with Crippen molar-refractivity contribution in [3.8, 4) is 0 Å². The Morgan fingerprint density at radius 3 is 2.50 bits per heavy atom. The molecule has 1 aromatic heterocycles. The third-order valence-electron chi connectivity index (χ3n) is 8.08. The van der Waals surface area contributed by atoms with Crippen LogP contribution in [0.1, 0.15) is 70.5 Å². The molecule has 0 saturated carbocycles. The minimum Gasteiger partial charge on any atom is -0.341 e. The van der Waals surface area contributed by atoms with E-state index in [-0.39, 0.29) is 17.7 Å². The highest BCUT2D eigenvalue weighted by Gasteiger charge is 2.28. The molecule has 5 rings (SSSR count). The molecule has 6 nitrogen and oxygen atoms in total. The maximum Gasteiger partial charge on any atom is 0.253 e. The van der Waals surface area contributed by atoms with Crippen LogP contribution in [-0.4, -0.2) is 53.3 Å². The van der Waals surface area contributed by atoms with Gasteiger partial charge in [0.25, 0.3) is 5.91 Å². The van der Waals surface area contributed by atoms with Crippen LogP contribution >= 0.6 is 23.2 Å². The summed E-state index contributed by atoms with van der Waals surface area (Å²) >= 11 is 12.6. The first-order valence-electron chi connectivity index (χ1n) is 14.1. The number of amides is 2. The van der Waals surface area contributed by atoms with Crippen molar-refractivity contribution in [2.24, 2.45) is 0 Å². The van der Waals surface area contributed by atoms with Gasteiger partial charge in [-0.2, -0.15) is 0 Å². The number of carbonyl (C=O) groups excluding carboxylic acids is 2. The van der Waals surface area contributed by atoms with Crippen molar-refractivity contribution in [3.05, 3.63) is 92.2 Å². The van der Waals surface area contributed by atoms with E-state index in [9.17, 15) is 9.59 Å². The van der Waals surface area contributed by atoms with E-state index in [2.05, 4.69) is 10.2 Å². The molecule has 0 saturated heterocycles. The highest BCUT2D eigenvalue weighted by Crippen LogP contribution is 2.35. The van der Waals surface area contributed by atoms with Gasteiger partial charge in [0.2, 0.25) is 5.91 Å². The molecular formula is C32H36Cl2N4O2. The Morgan fingerprint density at radius 2 is 1.75 bits per heavy atom. The molecule has 1 unspecified atom stereocenters. The van der Waals surface area contributed by atoms with Crippen LogP contribution in [0.5, 0.6) is 0 Å². The standard InChI is InChI=1S/C32H36Cl2N4O2/c1-21(39)35-31-25-10-6-7-11-29(25)36-30-15-17-38(20-26(30)31)16-14-24(23-12-13-27(33)28(34)18-23)19-37(2)32(40)22-8-4-3-5-9-22/h3-5,8-9,12-13,18,24H,6-7,10-11,14-17,19-20H2,1-2H3,(H,35,36,39). The number of nitrogens with one attached hydrogen (secondary N) is 1. The number of anilines is 1. The van der Waals surface area contributed by atoms with E-state index < -0.39 is 0 Å². The third kappa shape index (κ3) is 6.51. The normalized spacial score (nSPS) is 15.6. The summed E-state index contributed by atoms with van der Waals surface area (Å²) in [6, 6.07) is 15.1. The van der Waals surface area contributed by atoms with Crippen molar-refractivity contribution >= 4 is 40.7 Å². The highest BCUT2D eigenvalue weighted by molar-refractivity contribution is 6.42. The van der Waals surface area contributed by atoms with Gasteiger partial charge in [-0.3, -0.25) is 19.5 Å². The molecule has 1 aliphatic heterocycles. The molecule has 1 atom stereocenters. The predicted octanol–water partition coefficient (Wildman–Crippen LogP) is 6.53. The number of aromatic nitrogens is 1. The van der Waals surface area contributed by atoms with Crippen molar-refractivity contribution in [1.29, 1.82) is 0 Å². The summed E-state index contributed by atoms with van der Waals surface area (Å²) < 4.78 is 0. The van der Waals surface area contributed by atoms with Crippen molar-refractivity contribution < 1.29 is 9.59 Å². The van der Waals surface area contributed by atoms with E-state index in [1.54, 1.807) is 11.8 Å². The first-order chi connectivity index (χ1) is 19.3. The van der Waals surface area contributed by atoms with E-state index in [1.165, 1.54) is 5.56 Å². The first-order valence-corrected chi connectivity index (χ1v) is 14.8. The summed E-state index contributed by atoms with van der Waals surface area (Å²) in [5.74, 6) is 0.0303. The predicted molar refractivity (Wildman–Crippen MR) is 161 cm³/mol. The smallest absolute Gasteiger partial charge is 0.253 e. The second-order valence-electron chi connectivity index (χ2n) is 11.0. The summed E-state index contributed by atoms with van der Waals surface area (Å²) in [6.07, 6.45) is 5.94. The lowest BCUT2D eigenvalue weighted by Gasteiger charge is -2.33. The summed E-state index contributed by atoms with van der Waals surface area (Å²) in [7, 11) is 1.85. The minimum atomic E-state index is -0.0379. The van der Waals surface area contributed by atoms with Crippen LogP contribution in [0, 0.1) is 0 Å². The number of hydrogen-bond acceptors (Lipinski definition) is 4. The number of fused-ring (bicyclic) bond motifs is 2. The van der Waals surface area contributed by atoms with Crippen molar-refractivity contribution in [3.63, 3.8) is 0 Å². The molecule has 0 bridgehead atoms. The number of hydrogen-bond donors (Lipinski definition) is 1. The van der Waals surface area contributed by atoms with Crippen LogP contribution in [0.25, 0.3) is 0 Å². The maximum absolute atomic E-state index is 13.1. The fourth-order valence-electron chi connectivity index (χ4n) is 5.98. The van der Waals surface area contributed by atoms with Crippen LogP contribution in [0.2, 0.25) is 10.0 Å². The van der Waals surface area contributed by atoms with Crippen LogP contribution in [-0.2, 0) is 30.6 Å². The molecule has 1 aliphatic carbocycles. The Hall–Kier alpha value is -2.93. The van der Waals surface area contributed by atoms with Crippen molar-refractivity contribution in [2.45, 2.75) is 57.9 Å². The van der Waals surface area contributed by atoms with Gasteiger partial charge in [-0.15, -0.1) is 0 Å². The zero-order chi connectivity index (χ0) is 28.2. The molecule has 2 aromatic carbocycles. The van der Waals surface area contributed by atoms with Gasteiger partial charge in [0, 0.05) is 68.5 Å². The summed E-state index contributed by atoms with van der Waals surface area (Å²) in [5, 5.41) is 4.20. The fraction of sp³-hybridized carbons (Fsp3) is 0.406. The topological polar surface area (TPSA) is 65.5 Å². The Bertz CT molecular complexity index is 1400. The van der Waals surface area contributed by atoms with Crippen LogP contribution in [0.3, 0.4) is 0 Å². The van der Waals surface area contributed by atoms with Gasteiger partial charge in [-0.05, 0) is 74.0 Å². The van der Waals surface area contributed by atoms with Gasteiger partial charge >= 0.3 is 0 Å². The van der Waals surface area contributed by atoms with Gasteiger partial charge in [0.15, 0.2) is 0 Å². The average molecular weight is 580 g/mol. The zero-order valence-electron chi connectivity index (χ0n) is 23.2. The van der Waals surface area contributed by atoms with Crippen LogP contribution in [0.15, 0.2) is 48.5 Å². The van der Waals surface area contributed by atoms with E-state index >= 15 is 0 Å². The maximum atomic E-state index is 13.1. The van der Waals surface area contributed by atoms with Gasteiger partial charge < -0.3 is 10.2 Å². The van der Waals surface area contributed by atoms with E-state index in [0.717, 1.165) is 86.4 Å². The minimum absolute atomic E-state index is 0.00615. The van der Waals surface area contributed by atoms with Gasteiger partial charge in [0.1, 0.15) is 0 Å². The second-order valence-corrected chi connectivity index (χ2v) is 11.8. The quantitative estimate of drug-likeness (QED) is 0.330. The van der Waals surface area contributed by atoms with E-state index in [1.807, 2.05) is 55.6 Å². The van der Waals surface area contributed by atoms with Crippen LogP contribution < -0.4 is 5.32 Å². The van der Waals surface area contributed by atoms with E-state index in [4.69, 9.17) is 28.2 Å². The van der Waals surface area contributed by atoms with Gasteiger partial charge in [-0.25, -0.2) is 0 Å². The lowest BCUT2D eigenvalue weighted by molar-refractivity contribution is -0.114. The monoisotopic (exact) mass is 578 g/mol. The molecule has 0 spiro atoms. The molecule has 2 amide bonds. The molecule has 40 heavy (non-hydrogen) atoms. The van der Waals surface area contributed by atoms with Gasteiger partial charge in [-0.1, -0.05) is 47.5 Å². The number of nitrogens with zero attached hydrogens (tertiary/aromatic N) is 3. The molecule has 0 fully saturated rings. The lowest BCUT2D eigenvalue weighted by Crippen LogP contribution is -2.36. The summed E-state index contributed by atoms with van der Waals surface area (Å²) in [5.41, 5.74) is 7.39. The largest absolute Gasteiger partial charge is 0.341 e. The van der Waals surface area contributed by atoms with E-state index in [0.29, 0.717) is 22.2 Å².